The first-order valence-electron chi connectivity index (χ1n) is 13.8. The molecule has 0 aliphatic rings. The van der Waals surface area contributed by atoms with Gasteiger partial charge < -0.3 is 20.5 Å². The van der Waals surface area contributed by atoms with Gasteiger partial charge in [-0.05, 0) is 98.8 Å². The topological polar surface area (TPSA) is 133 Å². The molecule has 0 aliphatic heterocycles. The molecule has 1 aromatic heterocycles. The van der Waals surface area contributed by atoms with Gasteiger partial charge >= 0.3 is 18.4 Å². The van der Waals surface area contributed by atoms with E-state index in [0.29, 0.717) is 46.7 Å². The predicted octanol–water partition coefficient (Wildman–Crippen LogP) is 7.61. The number of nitrogens with two attached hydrogens (primary N) is 1. The molecule has 0 radical (unpaired) electrons. The van der Waals surface area contributed by atoms with Crippen molar-refractivity contribution in [3.8, 4) is 16.9 Å². The van der Waals surface area contributed by atoms with Crippen LogP contribution in [0.3, 0.4) is 0 Å². The predicted molar refractivity (Wildman–Crippen MR) is 163 cm³/mol. The van der Waals surface area contributed by atoms with Crippen molar-refractivity contribution in [3.63, 3.8) is 0 Å². The molecule has 4 N–H and O–H groups in total. The minimum absolute atomic E-state index is 0.189. The van der Waals surface area contributed by atoms with Gasteiger partial charge in [-0.2, -0.15) is 13.2 Å². The molecular weight excluding hydrogens is 589 g/mol. The Morgan fingerprint density at radius 2 is 1.56 bits per heavy atom. The van der Waals surface area contributed by atoms with Crippen LogP contribution in [0.4, 0.5) is 34.3 Å². The molecule has 3 aromatic carbocycles. The lowest BCUT2D eigenvalue weighted by Crippen LogP contribution is -2.27. The molecule has 0 bridgehead atoms. The standard InChI is InChI=1S/C33H31F3N4O5/c1-32(2,3)45-31(43)40-28-10-6-7-23(38-28)16-13-21-19-24(17-18-27(21)44-30(37)42)39-29(41)26-9-5-4-8-25(26)20-11-14-22(15-12-20)33(34,35)36/h4-12,14-15,17-19H,13,16H2,1-3H3,(H2,37,42)(H,39,41)(H,38,40,43). The number of pyridine rings is 1. The normalized spacial score (nSPS) is 11.4. The molecule has 9 nitrogen and oxygen atoms in total. The lowest BCUT2D eigenvalue weighted by molar-refractivity contribution is -0.137. The number of carbonyl (C=O) groups excluding carboxylic acids is 3. The fourth-order valence-corrected chi connectivity index (χ4v) is 4.39. The van der Waals surface area contributed by atoms with Crippen LogP contribution in [0.25, 0.3) is 11.1 Å². The van der Waals surface area contributed by atoms with Gasteiger partial charge in [-0.1, -0.05) is 36.4 Å². The maximum absolute atomic E-state index is 13.3. The van der Waals surface area contributed by atoms with Gasteiger partial charge in [-0.25, -0.2) is 14.6 Å². The Morgan fingerprint density at radius 3 is 2.22 bits per heavy atom. The fraction of sp³-hybridized carbons (Fsp3) is 0.212. The van der Waals surface area contributed by atoms with Crippen molar-refractivity contribution in [1.82, 2.24) is 4.98 Å². The highest BCUT2D eigenvalue weighted by Crippen LogP contribution is 2.32. The molecule has 0 saturated carbocycles. The summed E-state index contributed by atoms with van der Waals surface area (Å²) in [5.74, 6) is -0.0145. The first-order chi connectivity index (χ1) is 21.2. The Labute approximate surface area is 257 Å². The molecule has 12 heteroatoms. The zero-order chi connectivity index (χ0) is 32.8. The highest BCUT2D eigenvalue weighted by Gasteiger charge is 2.30. The van der Waals surface area contributed by atoms with Crippen LogP contribution in [0.2, 0.25) is 0 Å². The van der Waals surface area contributed by atoms with E-state index in [1.807, 2.05) is 0 Å². The van der Waals surface area contributed by atoms with E-state index in [1.54, 1.807) is 69.3 Å². The number of anilines is 2. The second kappa shape index (κ2) is 13.5. The highest BCUT2D eigenvalue weighted by atomic mass is 19.4. The number of rotatable bonds is 8. The lowest BCUT2D eigenvalue weighted by Gasteiger charge is -2.19. The van der Waals surface area contributed by atoms with Crippen LogP contribution in [0, 0.1) is 0 Å². The molecule has 0 atom stereocenters. The number of hydrogen-bond acceptors (Lipinski definition) is 6. The number of carbonyl (C=O) groups is 3. The maximum Gasteiger partial charge on any atom is 0.416 e. The van der Waals surface area contributed by atoms with Crippen molar-refractivity contribution in [3.05, 3.63) is 107 Å². The summed E-state index contributed by atoms with van der Waals surface area (Å²) < 4.78 is 49.6. The molecule has 4 aromatic rings. The van der Waals surface area contributed by atoms with Crippen molar-refractivity contribution in [2.24, 2.45) is 5.73 Å². The Bertz CT molecular complexity index is 1700. The largest absolute Gasteiger partial charge is 0.444 e. The van der Waals surface area contributed by atoms with Gasteiger partial charge in [0.15, 0.2) is 0 Å². The first kappa shape index (κ1) is 32.5. The second-order valence-electron chi connectivity index (χ2n) is 11.0. The minimum atomic E-state index is -4.48. The van der Waals surface area contributed by atoms with Crippen LogP contribution in [0.1, 0.15) is 48.0 Å². The summed E-state index contributed by atoms with van der Waals surface area (Å²) in [6.07, 6.45) is -5.45. The van der Waals surface area contributed by atoms with Crippen molar-refractivity contribution < 1.29 is 37.0 Å². The third kappa shape index (κ3) is 9.30. The number of primary amides is 1. The van der Waals surface area contributed by atoms with Gasteiger partial charge in [0.05, 0.1) is 5.56 Å². The van der Waals surface area contributed by atoms with Crippen LogP contribution < -0.4 is 21.1 Å². The number of aromatic nitrogens is 1. The first-order valence-corrected chi connectivity index (χ1v) is 13.8. The maximum atomic E-state index is 13.3. The summed E-state index contributed by atoms with van der Waals surface area (Å²) in [5, 5.41) is 5.40. The highest BCUT2D eigenvalue weighted by molar-refractivity contribution is 6.08. The lowest BCUT2D eigenvalue weighted by atomic mass is 9.98. The Balaban J connectivity index is 1.52. The Kier molecular flexibility index (Phi) is 9.75. The van der Waals surface area contributed by atoms with Gasteiger partial charge in [0.25, 0.3) is 5.91 Å². The molecule has 3 amide bonds. The van der Waals surface area contributed by atoms with Crippen LogP contribution >= 0.6 is 0 Å². The van der Waals surface area contributed by atoms with Crippen LogP contribution in [-0.2, 0) is 23.8 Å². The SMILES string of the molecule is CC(C)(C)OC(=O)Nc1cccc(CCc2cc(NC(=O)c3ccccc3-c3ccc(C(F)(F)F)cc3)ccc2OC(N)=O)n1. The summed E-state index contributed by atoms with van der Waals surface area (Å²) in [4.78, 5) is 41.5. The van der Waals surface area contributed by atoms with Gasteiger partial charge in [-0.15, -0.1) is 0 Å². The molecule has 234 valence electrons. The van der Waals surface area contributed by atoms with E-state index < -0.39 is 35.4 Å². The minimum Gasteiger partial charge on any atom is -0.444 e. The number of aryl methyl sites for hydroxylation is 2. The molecular formula is C33H31F3N4O5. The average molecular weight is 621 g/mol. The van der Waals surface area contributed by atoms with Gasteiger partial charge in [0.2, 0.25) is 0 Å². The number of hydrogen-bond donors (Lipinski definition) is 3. The Morgan fingerprint density at radius 1 is 0.844 bits per heavy atom. The summed E-state index contributed by atoms with van der Waals surface area (Å²) in [6.45, 7) is 5.24. The number of nitrogens with zero attached hydrogens (tertiary/aromatic N) is 1. The molecule has 4 rings (SSSR count). The molecule has 0 saturated heterocycles. The number of amides is 3. The van der Waals surface area contributed by atoms with Crippen LogP contribution in [0.5, 0.6) is 5.75 Å². The van der Waals surface area contributed by atoms with Crippen LogP contribution in [0.15, 0.2) is 84.9 Å². The van der Waals surface area contributed by atoms with Crippen molar-refractivity contribution in [1.29, 1.82) is 0 Å². The van der Waals surface area contributed by atoms with Crippen LogP contribution in [-0.4, -0.2) is 28.7 Å². The van der Waals surface area contributed by atoms with E-state index in [-0.39, 0.29) is 11.3 Å². The summed E-state index contributed by atoms with van der Waals surface area (Å²) >= 11 is 0. The molecule has 0 unspecified atom stereocenters. The third-order valence-corrected chi connectivity index (χ3v) is 6.31. The number of ether oxygens (including phenoxy) is 2. The quantitative estimate of drug-likeness (QED) is 0.186. The number of benzene rings is 3. The smallest absolute Gasteiger partial charge is 0.416 e. The van der Waals surface area contributed by atoms with Crippen molar-refractivity contribution in [2.75, 3.05) is 10.6 Å². The van der Waals surface area contributed by atoms with E-state index >= 15 is 0 Å². The number of halogens is 3. The van der Waals surface area contributed by atoms with Gasteiger partial charge in [-0.3, -0.25) is 10.1 Å². The summed E-state index contributed by atoms with van der Waals surface area (Å²) in [6, 6.07) is 20.9. The zero-order valence-corrected chi connectivity index (χ0v) is 24.7. The van der Waals surface area contributed by atoms with E-state index in [2.05, 4.69) is 15.6 Å². The molecule has 0 fully saturated rings. The van der Waals surface area contributed by atoms with E-state index in [4.69, 9.17) is 15.2 Å². The molecule has 45 heavy (non-hydrogen) atoms. The molecule has 1 heterocycles. The molecule has 0 spiro atoms. The third-order valence-electron chi connectivity index (χ3n) is 6.31. The summed E-state index contributed by atoms with van der Waals surface area (Å²) in [7, 11) is 0. The number of alkyl halides is 3. The van der Waals surface area contributed by atoms with Crippen molar-refractivity contribution in [2.45, 2.75) is 45.4 Å². The average Bonchev–Trinajstić information content (AvgIpc) is 2.95. The summed E-state index contributed by atoms with van der Waals surface area (Å²) in [5.41, 5.74) is 6.45. The second-order valence-corrected chi connectivity index (χ2v) is 11.0. The zero-order valence-electron chi connectivity index (χ0n) is 24.7. The van der Waals surface area contributed by atoms with Gasteiger partial charge in [0.1, 0.15) is 17.2 Å². The fourth-order valence-electron chi connectivity index (χ4n) is 4.39. The Hall–Kier alpha value is -5.39. The monoisotopic (exact) mass is 620 g/mol. The number of nitrogens with one attached hydrogen (secondary N) is 2. The van der Waals surface area contributed by atoms with E-state index in [0.717, 1.165) is 12.1 Å². The van der Waals surface area contributed by atoms with E-state index in [9.17, 15) is 27.6 Å². The van der Waals surface area contributed by atoms with Gasteiger partial charge in [0, 0.05) is 16.9 Å². The van der Waals surface area contributed by atoms with E-state index in [1.165, 1.54) is 24.3 Å². The molecule has 0 aliphatic carbocycles. The van der Waals surface area contributed by atoms with Crippen molar-refractivity contribution >= 4 is 29.6 Å².